The van der Waals surface area contributed by atoms with Crippen LogP contribution in [0.3, 0.4) is 0 Å². The van der Waals surface area contributed by atoms with E-state index in [2.05, 4.69) is 4.98 Å². The van der Waals surface area contributed by atoms with Gasteiger partial charge in [-0.3, -0.25) is 9.36 Å². The van der Waals surface area contributed by atoms with Crippen LogP contribution in [-0.4, -0.2) is 20.6 Å². The van der Waals surface area contributed by atoms with Crippen molar-refractivity contribution in [2.24, 2.45) is 0 Å². The van der Waals surface area contributed by atoms with E-state index in [9.17, 15) is 14.7 Å². The van der Waals surface area contributed by atoms with Crippen LogP contribution in [0.5, 0.6) is 0 Å². The van der Waals surface area contributed by atoms with Gasteiger partial charge in [0.15, 0.2) is 0 Å². The number of aliphatic carboxylic acids is 1. The Kier molecular flexibility index (Phi) is 4.19. The number of carboxylic acid groups (broad SMARTS) is 1. The quantitative estimate of drug-likeness (QED) is 0.778. The van der Waals surface area contributed by atoms with Gasteiger partial charge in [0.2, 0.25) is 0 Å². The summed E-state index contributed by atoms with van der Waals surface area (Å²) in [6.45, 7) is 1.73. The molecule has 0 amide bonds. The molecule has 3 aromatic rings. The second-order valence-electron chi connectivity index (χ2n) is 5.06. The molecule has 0 aliphatic heterocycles. The second kappa shape index (κ2) is 6.14. The zero-order valence-electron chi connectivity index (χ0n) is 12.2. The number of carbonyl (C=O) groups is 1. The summed E-state index contributed by atoms with van der Waals surface area (Å²) in [7, 11) is 0. The van der Waals surface area contributed by atoms with Crippen molar-refractivity contribution >= 4 is 39.1 Å². The number of thiophene rings is 1. The zero-order chi connectivity index (χ0) is 16.6. The van der Waals surface area contributed by atoms with Crippen molar-refractivity contribution < 1.29 is 9.90 Å². The maximum absolute atomic E-state index is 12.8. The Morgan fingerprint density at radius 1 is 1.39 bits per heavy atom. The molecule has 118 valence electrons. The molecule has 1 atom stereocenters. The monoisotopic (exact) mass is 348 g/mol. The van der Waals surface area contributed by atoms with Gasteiger partial charge >= 0.3 is 5.97 Å². The van der Waals surface area contributed by atoms with Crippen LogP contribution in [0.4, 0.5) is 0 Å². The molecule has 0 saturated heterocycles. The van der Waals surface area contributed by atoms with E-state index in [0.29, 0.717) is 21.7 Å². The number of nitrogens with zero attached hydrogens (tertiary/aromatic N) is 2. The lowest BCUT2D eigenvalue weighted by Crippen LogP contribution is -2.29. The first-order valence-corrected chi connectivity index (χ1v) is 8.25. The molecular weight excluding hydrogens is 336 g/mol. The Labute approximate surface area is 140 Å². The third-order valence-corrected chi connectivity index (χ3v) is 4.82. The van der Waals surface area contributed by atoms with Crippen molar-refractivity contribution in [2.45, 2.75) is 19.4 Å². The van der Waals surface area contributed by atoms with Gasteiger partial charge in [-0.25, -0.2) is 9.78 Å². The number of rotatable bonds is 4. The average Bonchev–Trinajstić information content (AvgIpc) is 2.95. The van der Waals surface area contributed by atoms with Crippen LogP contribution in [0.25, 0.3) is 21.3 Å². The fourth-order valence-corrected chi connectivity index (χ4v) is 3.53. The molecule has 0 saturated carbocycles. The van der Waals surface area contributed by atoms with Crippen LogP contribution >= 0.6 is 22.9 Å². The van der Waals surface area contributed by atoms with E-state index in [0.717, 1.165) is 11.1 Å². The summed E-state index contributed by atoms with van der Waals surface area (Å²) in [6, 6.07) is 6.24. The predicted octanol–water partition coefficient (Wildman–Crippen LogP) is 3.81. The number of fused-ring (bicyclic) bond motifs is 1. The first-order chi connectivity index (χ1) is 11.0. The molecule has 0 aliphatic carbocycles. The van der Waals surface area contributed by atoms with Crippen LogP contribution < -0.4 is 5.56 Å². The van der Waals surface area contributed by atoms with E-state index >= 15 is 0 Å². The maximum Gasteiger partial charge on any atom is 0.326 e. The van der Waals surface area contributed by atoms with Crippen LogP contribution in [-0.2, 0) is 4.79 Å². The normalized spacial score (nSPS) is 12.4. The van der Waals surface area contributed by atoms with E-state index in [1.807, 2.05) is 17.5 Å². The van der Waals surface area contributed by atoms with Gasteiger partial charge in [-0.15, -0.1) is 11.3 Å². The molecule has 5 nitrogen and oxygen atoms in total. The molecule has 0 fully saturated rings. The summed E-state index contributed by atoms with van der Waals surface area (Å²) >= 11 is 7.26. The minimum Gasteiger partial charge on any atom is -0.480 e. The van der Waals surface area contributed by atoms with Crippen LogP contribution in [0.2, 0.25) is 5.02 Å². The molecule has 7 heteroatoms. The number of hydrogen-bond donors (Lipinski definition) is 1. The molecule has 0 unspecified atom stereocenters. The lowest BCUT2D eigenvalue weighted by molar-refractivity contribution is -0.141. The predicted molar refractivity (Wildman–Crippen MR) is 91.3 cm³/mol. The van der Waals surface area contributed by atoms with Crippen molar-refractivity contribution in [2.75, 3.05) is 0 Å². The SMILES string of the molecule is CC[C@@H](C(=O)O)n1cnc2scc(-c3ccc(Cl)cc3)c2c1=O. The molecule has 0 bridgehead atoms. The Morgan fingerprint density at radius 3 is 2.70 bits per heavy atom. The summed E-state index contributed by atoms with van der Waals surface area (Å²) in [6.07, 6.45) is 1.62. The largest absolute Gasteiger partial charge is 0.480 e. The van der Waals surface area contributed by atoms with E-state index in [1.54, 1.807) is 19.1 Å². The highest BCUT2D eigenvalue weighted by Crippen LogP contribution is 2.31. The second-order valence-corrected chi connectivity index (χ2v) is 6.35. The van der Waals surface area contributed by atoms with Gasteiger partial charge in [0, 0.05) is 16.0 Å². The number of benzene rings is 1. The first kappa shape index (κ1) is 15.7. The Hall–Kier alpha value is -2.18. The fraction of sp³-hybridized carbons (Fsp3) is 0.188. The van der Waals surface area contributed by atoms with Gasteiger partial charge < -0.3 is 5.11 Å². The first-order valence-electron chi connectivity index (χ1n) is 7.00. The lowest BCUT2D eigenvalue weighted by Gasteiger charge is -2.13. The van der Waals surface area contributed by atoms with Crippen molar-refractivity contribution in [1.82, 2.24) is 9.55 Å². The van der Waals surface area contributed by atoms with Gasteiger partial charge in [-0.05, 0) is 24.1 Å². The van der Waals surface area contributed by atoms with Crippen LogP contribution in [0.1, 0.15) is 19.4 Å². The third kappa shape index (κ3) is 2.75. The van der Waals surface area contributed by atoms with E-state index < -0.39 is 12.0 Å². The Morgan fingerprint density at radius 2 is 2.09 bits per heavy atom. The van der Waals surface area contributed by atoms with E-state index in [-0.39, 0.29) is 5.56 Å². The highest BCUT2D eigenvalue weighted by Gasteiger charge is 2.21. The summed E-state index contributed by atoms with van der Waals surface area (Å²) in [5.74, 6) is -1.04. The van der Waals surface area contributed by atoms with Gasteiger partial charge in [-0.2, -0.15) is 0 Å². The molecule has 0 spiro atoms. The summed E-state index contributed by atoms with van der Waals surface area (Å²) < 4.78 is 1.19. The molecule has 1 N–H and O–H groups in total. The van der Waals surface area contributed by atoms with Crippen molar-refractivity contribution in [1.29, 1.82) is 0 Å². The molecule has 0 radical (unpaired) electrons. The van der Waals surface area contributed by atoms with Gasteiger partial charge in [0.25, 0.3) is 5.56 Å². The third-order valence-electron chi connectivity index (χ3n) is 3.68. The van der Waals surface area contributed by atoms with Crippen LogP contribution in [0.15, 0.2) is 40.8 Å². The summed E-state index contributed by atoms with van der Waals surface area (Å²) in [5.41, 5.74) is 1.25. The highest BCUT2D eigenvalue weighted by molar-refractivity contribution is 7.17. The number of halogens is 1. The van der Waals surface area contributed by atoms with Crippen molar-refractivity contribution in [3.63, 3.8) is 0 Å². The maximum atomic E-state index is 12.8. The molecule has 2 heterocycles. The summed E-state index contributed by atoms with van der Waals surface area (Å²) in [4.78, 5) is 29.0. The smallest absolute Gasteiger partial charge is 0.326 e. The van der Waals surface area contributed by atoms with Crippen LogP contribution in [0, 0.1) is 0 Å². The van der Waals surface area contributed by atoms with Crippen molar-refractivity contribution in [3.8, 4) is 11.1 Å². The number of carboxylic acids is 1. The molecule has 2 aromatic heterocycles. The van der Waals surface area contributed by atoms with E-state index in [4.69, 9.17) is 11.6 Å². The molecule has 1 aromatic carbocycles. The highest BCUT2D eigenvalue weighted by atomic mass is 35.5. The molecular formula is C16H13ClN2O3S. The fourth-order valence-electron chi connectivity index (χ4n) is 2.50. The molecule has 23 heavy (non-hydrogen) atoms. The van der Waals surface area contributed by atoms with Gasteiger partial charge in [-0.1, -0.05) is 30.7 Å². The van der Waals surface area contributed by atoms with Gasteiger partial charge in [0.1, 0.15) is 10.9 Å². The molecule has 3 rings (SSSR count). The molecule has 0 aliphatic rings. The topological polar surface area (TPSA) is 72.2 Å². The summed E-state index contributed by atoms with van der Waals surface area (Å²) in [5, 5.41) is 12.2. The van der Waals surface area contributed by atoms with Gasteiger partial charge in [0.05, 0.1) is 11.7 Å². The van der Waals surface area contributed by atoms with E-state index in [1.165, 1.54) is 22.2 Å². The Bertz CT molecular complexity index is 931. The Balaban J connectivity index is 2.24. The van der Waals surface area contributed by atoms with Crippen molar-refractivity contribution in [3.05, 3.63) is 51.3 Å². The lowest BCUT2D eigenvalue weighted by atomic mass is 10.1. The zero-order valence-corrected chi connectivity index (χ0v) is 13.8. The minimum absolute atomic E-state index is 0.308. The number of hydrogen-bond acceptors (Lipinski definition) is 4. The number of aromatic nitrogens is 2. The standard InChI is InChI=1S/C16H13ClN2O3S/c1-2-12(16(21)22)19-8-18-14-13(15(19)20)11(7-23-14)9-3-5-10(17)6-4-9/h3-8,12H,2H2,1H3,(H,21,22)/t12-/m0/s1. The average molecular weight is 349 g/mol. The minimum atomic E-state index is -1.04.